The Morgan fingerprint density at radius 1 is 0.885 bits per heavy atom. The van der Waals surface area contributed by atoms with Gasteiger partial charge in [0.05, 0.1) is 5.56 Å². The van der Waals surface area contributed by atoms with Crippen molar-refractivity contribution in [1.29, 1.82) is 0 Å². The largest absolute Gasteiger partial charge is 0.505 e. The quantitative estimate of drug-likeness (QED) is 0.557. The van der Waals surface area contributed by atoms with E-state index in [2.05, 4.69) is 10.2 Å². The molecule has 7 nitrogen and oxygen atoms in total. The van der Waals surface area contributed by atoms with E-state index in [9.17, 15) is 24.9 Å². The summed E-state index contributed by atoms with van der Waals surface area (Å²) in [4.78, 5) is 22.6. The summed E-state index contributed by atoms with van der Waals surface area (Å²) < 4.78 is 0. The Kier molecular flexibility index (Phi) is 4.55. The average Bonchev–Trinajstić information content (AvgIpc) is 2.60. The van der Waals surface area contributed by atoms with Crippen LogP contribution in [0.15, 0.2) is 58.8 Å². The molecule has 26 heavy (non-hydrogen) atoms. The lowest BCUT2D eigenvalue weighted by Crippen LogP contribution is -1.97. The number of azo groups is 1. The van der Waals surface area contributed by atoms with Crippen molar-refractivity contribution in [2.75, 3.05) is 0 Å². The van der Waals surface area contributed by atoms with Gasteiger partial charge >= 0.3 is 11.9 Å². The van der Waals surface area contributed by atoms with Gasteiger partial charge in [0.1, 0.15) is 16.9 Å². The van der Waals surface area contributed by atoms with Crippen LogP contribution in [0.4, 0.5) is 11.4 Å². The van der Waals surface area contributed by atoms with Crippen LogP contribution < -0.4 is 0 Å². The molecule has 0 amide bonds. The molecule has 3 aromatic rings. The fourth-order valence-electron chi connectivity index (χ4n) is 2.45. The van der Waals surface area contributed by atoms with Gasteiger partial charge < -0.3 is 15.3 Å². The number of hydrogen-bond acceptors (Lipinski definition) is 5. The Balaban J connectivity index is 2.22. The molecule has 0 heterocycles. The number of halogens is 1. The van der Waals surface area contributed by atoms with E-state index in [1.54, 1.807) is 24.3 Å². The van der Waals surface area contributed by atoms with Crippen LogP contribution in [0.25, 0.3) is 10.8 Å². The molecule has 3 rings (SSSR count). The summed E-state index contributed by atoms with van der Waals surface area (Å²) in [5, 5.41) is 37.8. The Morgan fingerprint density at radius 2 is 1.58 bits per heavy atom. The Morgan fingerprint density at radius 3 is 2.27 bits per heavy atom. The lowest BCUT2D eigenvalue weighted by molar-refractivity contribution is 0.0684. The smallest absolute Gasteiger partial charge is 0.339 e. The number of carboxylic acid groups (broad SMARTS) is 2. The molecule has 3 N–H and O–H groups in total. The van der Waals surface area contributed by atoms with Gasteiger partial charge in [0, 0.05) is 10.4 Å². The molecule has 0 aromatic heterocycles. The van der Waals surface area contributed by atoms with Crippen LogP contribution in [-0.4, -0.2) is 27.3 Å². The van der Waals surface area contributed by atoms with Crippen molar-refractivity contribution in [3.05, 3.63) is 64.7 Å². The summed E-state index contributed by atoms with van der Waals surface area (Å²) in [5.74, 6) is -3.10. The number of phenols is 1. The third-order valence-electron chi connectivity index (χ3n) is 3.67. The van der Waals surface area contributed by atoms with Crippen LogP contribution in [0, 0.1) is 0 Å². The number of benzene rings is 3. The third-order valence-corrected chi connectivity index (χ3v) is 3.91. The molecular weight excluding hydrogens is 360 g/mol. The highest BCUT2D eigenvalue weighted by molar-refractivity contribution is 6.31. The van der Waals surface area contributed by atoms with E-state index in [4.69, 9.17) is 11.6 Å². The molecule has 0 saturated heterocycles. The molecule has 0 spiro atoms. The fraction of sp³-hybridized carbons (Fsp3) is 0. The molecule has 0 aliphatic carbocycles. The normalized spacial score (nSPS) is 11.1. The minimum atomic E-state index is -1.32. The van der Waals surface area contributed by atoms with Gasteiger partial charge in [0.15, 0.2) is 5.75 Å². The van der Waals surface area contributed by atoms with Crippen LogP contribution >= 0.6 is 11.6 Å². The molecule has 0 atom stereocenters. The van der Waals surface area contributed by atoms with Gasteiger partial charge in [-0.15, -0.1) is 10.2 Å². The van der Waals surface area contributed by atoms with E-state index < -0.39 is 17.7 Å². The van der Waals surface area contributed by atoms with Crippen LogP contribution in [0.3, 0.4) is 0 Å². The number of carbonyl (C=O) groups is 2. The van der Waals surface area contributed by atoms with Crippen LogP contribution in [-0.2, 0) is 0 Å². The molecule has 0 fully saturated rings. The Bertz CT molecular complexity index is 1080. The highest BCUT2D eigenvalue weighted by atomic mass is 35.5. The zero-order valence-corrected chi connectivity index (χ0v) is 13.8. The number of rotatable bonds is 4. The first-order chi connectivity index (χ1) is 12.4. The first kappa shape index (κ1) is 17.4. The summed E-state index contributed by atoms with van der Waals surface area (Å²) >= 11 is 5.87. The summed E-state index contributed by atoms with van der Waals surface area (Å²) in [6, 6.07) is 12.1. The van der Waals surface area contributed by atoms with E-state index in [0.717, 1.165) is 0 Å². The molecule has 0 bridgehead atoms. The topological polar surface area (TPSA) is 120 Å². The van der Waals surface area contributed by atoms with Gasteiger partial charge in [-0.25, -0.2) is 9.59 Å². The lowest BCUT2D eigenvalue weighted by Gasteiger charge is -2.08. The molecule has 3 aromatic carbocycles. The predicted molar refractivity (Wildman–Crippen MR) is 95.2 cm³/mol. The standard InChI is InChI=1S/C18H11ClN2O5/c19-10-5-6-12(17(23)24)14(8-10)20-21-15-11-4-2-1-3-9(11)7-13(16(15)22)18(25)26/h1-8,22H,(H,23,24)(H,25,26). The molecule has 0 radical (unpaired) electrons. The Labute approximate surface area is 151 Å². The summed E-state index contributed by atoms with van der Waals surface area (Å²) in [6.07, 6.45) is 0. The Hall–Kier alpha value is -3.45. The van der Waals surface area contributed by atoms with Gasteiger partial charge in [0.25, 0.3) is 0 Å². The summed E-state index contributed by atoms with van der Waals surface area (Å²) in [7, 11) is 0. The van der Waals surface area contributed by atoms with E-state index in [-0.39, 0.29) is 27.5 Å². The molecule has 0 saturated carbocycles. The van der Waals surface area contributed by atoms with Crippen molar-refractivity contribution in [1.82, 2.24) is 0 Å². The lowest BCUT2D eigenvalue weighted by atomic mass is 10.0. The highest BCUT2D eigenvalue weighted by Crippen LogP contribution is 2.39. The maximum atomic E-state index is 11.4. The van der Waals surface area contributed by atoms with Crippen molar-refractivity contribution in [2.45, 2.75) is 0 Å². The molecule has 8 heteroatoms. The van der Waals surface area contributed by atoms with Crippen LogP contribution in [0.5, 0.6) is 5.75 Å². The molecular formula is C18H11ClN2O5. The third kappa shape index (κ3) is 3.20. The van der Waals surface area contributed by atoms with Crippen molar-refractivity contribution >= 4 is 45.7 Å². The molecule has 130 valence electrons. The van der Waals surface area contributed by atoms with Crippen molar-refractivity contribution in [3.8, 4) is 5.75 Å². The second-order valence-electron chi connectivity index (χ2n) is 5.31. The molecule has 0 aliphatic rings. The van der Waals surface area contributed by atoms with E-state index >= 15 is 0 Å². The zero-order chi connectivity index (χ0) is 18.8. The van der Waals surface area contributed by atoms with E-state index in [0.29, 0.717) is 10.8 Å². The number of aromatic carboxylic acids is 2. The van der Waals surface area contributed by atoms with E-state index in [1.807, 2.05) is 0 Å². The van der Waals surface area contributed by atoms with Crippen LogP contribution in [0.1, 0.15) is 20.7 Å². The number of hydrogen-bond donors (Lipinski definition) is 3. The van der Waals surface area contributed by atoms with Crippen LogP contribution in [0.2, 0.25) is 5.02 Å². The second-order valence-corrected chi connectivity index (χ2v) is 5.75. The number of nitrogens with zero attached hydrogens (tertiary/aromatic N) is 2. The predicted octanol–water partition coefficient (Wildman–Crippen LogP) is 5.01. The SMILES string of the molecule is O=C(O)c1ccc(Cl)cc1N=Nc1c(O)c(C(=O)O)cc2ccccc12. The summed E-state index contributed by atoms with van der Waals surface area (Å²) in [5.41, 5.74) is -0.551. The van der Waals surface area contributed by atoms with Crippen molar-refractivity contribution in [3.63, 3.8) is 0 Å². The monoisotopic (exact) mass is 370 g/mol. The van der Waals surface area contributed by atoms with Gasteiger partial charge in [-0.05, 0) is 29.7 Å². The summed E-state index contributed by atoms with van der Waals surface area (Å²) in [6.45, 7) is 0. The van der Waals surface area contributed by atoms with Gasteiger partial charge in [-0.2, -0.15) is 0 Å². The maximum Gasteiger partial charge on any atom is 0.339 e. The van der Waals surface area contributed by atoms with Crippen molar-refractivity contribution in [2.24, 2.45) is 10.2 Å². The van der Waals surface area contributed by atoms with Gasteiger partial charge in [-0.1, -0.05) is 35.9 Å². The average molecular weight is 371 g/mol. The second kappa shape index (κ2) is 6.81. The first-order valence-corrected chi connectivity index (χ1v) is 7.69. The minimum Gasteiger partial charge on any atom is -0.505 e. The number of aromatic hydroxyl groups is 1. The minimum absolute atomic E-state index is 0.0193. The van der Waals surface area contributed by atoms with E-state index in [1.165, 1.54) is 24.3 Å². The zero-order valence-electron chi connectivity index (χ0n) is 13.0. The first-order valence-electron chi connectivity index (χ1n) is 7.31. The molecule has 0 aliphatic heterocycles. The fourth-order valence-corrected chi connectivity index (χ4v) is 2.62. The maximum absolute atomic E-state index is 11.4. The van der Waals surface area contributed by atoms with Crippen molar-refractivity contribution < 1.29 is 24.9 Å². The highest BCUT2D eigenvalue weighted by Gasteiger charge is 2.18. The number of carboxylic acids is 2. The van der Waals surface area contributed by atoms with Gasteiger partial charge in [0.2, 0.25) is 0 Å². The van der Waals surface area contributed by atoms with Gasteiger partial charge in [-0.3, -0.25) is 0 Å². The number of fused-ring (bicyclic) bond motifs is 1. The molecule has 0 unspecified atom stereocenters.